The Morgan fingerprint density at radius 1 is 1.25 bits per heavy atom. The fourth-order valence-electron chi connectivity index (χ4n) is 2.74. The van der Waals surface area contributed by atoms with E-state index < -0.39 is 0 Å². The first-order chi connectivity index (χ1) is 9.65. The van der Waals surface area contributed by atoms with Gasteiger partial charge in [-0.1, -0.05) is 25.3 Å². The molecule has 0 radical (unpaired) electrons. The van der Waals surface area contributed by atoms with Gasteiger partial charge < -0.3 is 5.73 Å². The standard InChI is InChI=1S/C15H21N5/c1-10-8-11(2)14(16)9-13(10)15-17-18-19-20(15)7-6-12-4-3-5-12/h8-9,12H,3-7,16H2,1-2H3. The van der Waals surface area contributed by atoms with E-state index in [-0.39, 0.29) is 0 Å². The van der Waals surface area contributed by atoms with Crippen molar-refractivity contribution in [3.05, 3.63) is 23.3 Å². The fourth-order valence-corrected chi connectivity index (χ4v) is 2.74. The van der Waals surface area contributed by atoms with Crippen LogP contribution < -0.4 is 5.73 Å². The topological polar surface area (TPSA) is 69.6 Å². The van der Waals surface area contributed by atoms with Gasteiger partial charge in [-0.05, 0) is 53.8 Å². The third kappa shape index (κ3) is 2.40. The van der Waals surface area contributed by atoms with Crippen LogP contribution in [0, 0.1) is 19.8 Å². The Labute approximate surface area is 119 Å². The molecule has 0 atom stereocenters. The van der Waals surface area contributed by atoms with Crippen LogP contribution in [0.25, 0.3) is 11.4 Å². The predicted molar refractivity (Wildman–Crippen MR) is 79.1 cm³/mol. The first-order valence-electron chi connectivity index (χ1n) is 7.28. The summed E-state index contributed by atoms with van der Waals surface area (Å²) in [5, 5.41) is 12.2. The smallest absolute Gasteiger partial charge is 0.182 e. The van der Waals surface area contributed by atoms with Crippen LogP contribution in [0.5, 0.6) is 0 Å². The molecule has 0 amide bonds. The van der Waals surface area contributed by atoms with Gasteiger partial charge in [0.15, 0.2) is 5.82 Å². The molecular weight excluding hydrogens is 250 g/mol. The van der Waals surface area contributed by atoms with Crippen LogP contribution in [-0.2, 0) is 6.54 Å². The van der Waals surface area contributed by atoms with Crippen LogP contribution in [0.15, 0.2) is 12.1 Å². The highest BCUT2D eigenvalue weighted by atomic mass is 15.5. The molecule has 0 unspecified atom stereocenters. The Morgan fingerprint density at radius 2 is 2.05 bits per heavy atom. The first-order valence-corrected chi connectivity index (χ1v) is 7.28. The summed E-state index contributed by atoms with van der Waals surface area (Å²) in [5.74, 6) is 1.68. The third-order valence-corrected chi connectivity index (χ3v) is 4.36. The average Bonchev–Trinajstić information content (AvgIpc) is 2.80. The molecule has 2 aromatic rings. The lowest BCUT2D eigenvalue weighted by atomic mass is 9.83. The van der Waals surface area contributed by atoms with Crippen molar-refractivity contribution < 1.29 is 0 Å². The van der Waals surface area contributed by atoms with E-state index in [1.165, 1.54) is 25.7 Å². The molecular formula is C15H21N5. The molecule has 1 heterocycles. The second-order valence-electron chi connectivity index (χ2n) is 5.83. The van der Waals surface area contributed by atoms with Gasteiger partial charge in [0.05, 0.1) is 0 Å². The van der Waals surface area contributed by atoms with Crippen LogP contribution >= 0.6 is 0 Å². The van der Waals surface area contributed by atoms with Crippen LogP contribution in [0.4, 0.5) is 5.69 Å². The number of anilines is 1. The molecule has 0 saturated heterocycles. The summed E-state index contributed by atoms with van der Waals surface area (Å²) in [6, 6.07) is 4.08. The molecule has 2 N–H and O–H groups in total. The summed E-state index contributed by atoms with van der Waals surface area (Å²) < 4.78 is 1.91. The molecule has 5 nitrogen and oxygen atoms in total. The maximum Gasteiger partial charge on any atom is 0.182 e. The minimum Gasteiger partial charge on any atom is -0.398 e. The summed E-state index contributed by atoms with van der Waals surface area (Å²) in [7, 11) is 0. The molecule has 0 spiro atoms. The Morgan fingerprint density at radius 3 is 2.75 bits per heavy atom. The molecule has 5 heteroatoms. The number of tetrazole rings is 1. The van der Waals surface area contributed by atoms with Gasteiger partial charge in [0.2, 0.25) is 0 Å². The van der Waals surface area contributed by atoms with E-state index in [4.69, 9.17) is 5.73 Å². The normalized spacial score (nSPS) is 15.3. The lowest BCUT2D eigenvalue weighted by Crippen LogP contribution is -2.15. The van der Waals surface area contributed by atoms with Crippen LogP contribution in [-0.4, -0.2) is 20.2 Å². The molecule has 1 saturated carbocycles. The second kappa shape index (κ2) is 5.23. The SMILES string of the molecule is Cc1cc(C)c(-c2nnnn2CCC2CCC2)cc1N. The van der Waals surface area contributed by atoms with Gasteiger partial charge in [-0.3, -0.25) is 0 Å². The summed E-state index contributed by atoms with van der Waals surface area (Å²) in [4.78, 5) is 0. The molecule has 1 aromatic heterocycles. The van der Waals surface area contributed by atoms with Crippen molar-refractivity contribution in [1.82, 2.24) is 20.2 Å². The quantitative estimate of drug-likeness (QED) is 0.868. The largest absolute Gasteiger partial charge is 0.398 e. The molecule has 0 bridgehead atoms. The zero-order valence-corrected chi connectivity index (χ0v) is 12.1. The van der Waals surface area contributed by atoms with Gasteiger partial charge in [0.1, 0.15) is 0 Å². The Hall–Kier alpha value is -1.91. The monoisotopic (exact) mass is 271 g/mol. The molecule has 1 aromatic carbocycles. The van der Waals surface area contributed by atoms with Crippen molar-refractivity contribution in [2.45, 2.75) is 46.1 Å². The van der Waals surface area contributed by atoms with Crippen molar-refractivity contribution in [2.24, 2.45) is 5.92 Å². The highest BCUT2D eigenvalue weighted by Crippen LogP contribution is 2.31. The lowest BCUT2D eigenvalue weighted by molar-refractivity contribution is 0.277. The van der Waals surface area contributed by atoms with Crippen molar-refractivity contribution in [3.63, 3.8) is 0 Å². The lowest BCUT2D eigenvalue weighted by Gasteiger charge is -2.25. The van der Waals surface area contributed by atoms with Gasteiger partial charge in [-0.2, -0.15) is 0 Å². The molecule has 106 valence electrons. The number of hydrogen-bond donors (Lipinski definition) is 1. The molecule has 1 fully saturated rings. The number of hydrogen-bond acceptors (Lipinski definition) is 4. The maximum atomic E-state index is 6.02. The van der Waals surface area contributed by atoms with Gasteiger partial charge in [0.25, 0.3) is 0 Å². The first kappa shape index (κ1) is 13.1. The molecule has 1 aliphatic carbocycles. The number of nitrogens with two attached hydrogens (primary N) is 1. The Kier molecular flexibility index (Phi) is 3.42. The van der Waals surface area contributed by atoms with E-state index in [1.54, 1.807) is 0 Å². The molecule has 0 aliphatic heterocycles. The Bertz CT molecular complexity index is 613. The number of nitrogen functional groups attached to an aromatic ring is 1. The van der Waals surface area contributed by atoms with E-state index in [2.05, 4.69) is 28.5 Å². The average molecular weight is 271 g/mol. The fraction of sp³-hybridized carbons (Fsp3) is 0.533. The van der Waals surface area contributed by atoms with E-state index >= 15 is 0 Å². The predicted octanol–water partition coefficient (Wildman–Crippen LogP) is 2.73. The zero-order valence-electron chi connectivity index (χ0n) is 12.1. The van der Waals surface area contributed by atoms with Crippen molar-refractivity contribution in [3.8, 4) is 11.4 Å². The minimum absolute atomic E-state index is 0.791. The van der Waals surface area contributed by atoms with Crippen LogP contribution in [0.2, 0.25) is 0 Å². The minimum atomic E-state index is 0.791. The maximum absolute atomic E-state index is 6.02. The number of aromatic nitrogens is 4. The number of nitrogens with zero attached hydrogens (tertiary/aromatic N) is 4. The molecule has 3 rings (SSSR count). The van der Waals surface area contributed by atoms with Crippen molar-refractivity contribution in [1.29, 1.82) is 0 Å². The summed E-state index contributed by atoms with van der Waals surface area (Å²) in [6.07, 6.45) is 5.25. The third-order valence-electron chi connectivity index (χ3n) is 4.36. The van der Waals surface area contributed by atoms with Crippen molar-refractivity contribution >= 4 is 5.69 Å². The summed E-state index contributed by atoms with van der Waals surface area (Å²) >= 11 is 0. The second-order valence-corrected chi connectivity index (χ2v) is 5.83. The summed E-state index contributed by atoms with van der Waals surface area (Å²) in [5.41, 5.74) is 10.1. The van der Waals surface area contributed by atoms with Gasteiger partial charge >= 0.3 is 0 Å². The Balaban J connectivity index is 1.86. The van der Waals surface area contributed by atoms with E-state index in [0.717, 1.165) is 40.7 Å². The summed E-state index contributed by atoms with van der Waals surface area (Å²) in [6.45, 7) is 4.98. The molecule has 20 heavy (non-hydrogen) atoms. The van der Waals surface area contributed by atoms with Gasteiger partial charge in [0, 0.05) is 17.8 Å². The highest BCUT2D eigenvalue weighted by Gasteiger charge is 2.19. The van der Waals surface area contributed by atoms with E-state index in [1.807, 2.05) is 17.7 Å². The van der Waals surface area contributed by atoms with Gasteiger partial charge in [-0.25, -0.2) is 4.68 Å². The van der Waals surface area contributed by atoms with Crippen molar-refractivity contribution in [2.75, 3.05) is 5.73 Å². The highest BCUT2D eigenvalue weighted by molar-refractivity contribution is 5.67. The number of rotatable bonds is 4. The molecule has 1 aliphatic rings. The van der Waals surface area contributed by atoms with Crippen LogP contribution in [0.3, 0.4) is 0 Å². The van der Waals surface area contributed by atoms with E-state index in [0.29, 0.717) is 0 Å². The zero-order chi connectivity index (χ0) is 14.1. The number of aryl methyl sites for hydroxylation is 3. The van der Waals surface area contributed by atoms with Gasteiger partial charge in [-0.15, -0.1) is 5.10 Å². The van der Waals surface area contributed by atoms with Crippen LogP contribution in [0.1, 0.15) is 36.8 Å². The van der Waals surface area contributed by atoms with E-state index in [9.17, 15) is 0 Å². The number of benzene rings is 1.